The van der Waals surface area contributed by atoms with Crippen molar-refractivity contribution in [2.24, 2.45) is 5.73 Å². The van der Waals surface area contributed by atoms with Crippen LogP contribution in [0.3, 0.4) is 0 Å². The van der Waals surface area contributed by atoms with Gasteiger partial charge in [-0.1, -0.05) is 19.8 Å². The Morgan fingerprint density at radius 2 is 2.16 bits per heavy atom. The number of hydrogen-bond donors (Lipinski definition) is 1. The van der Waals surface area contributed by atoms with Gasteiger partial charge in [-0.05, 0) is 19.3 Å². The summed E-state index contributed by atoms with van der Waals surface area (Å²) in [6, 6.07) is 0.574. The quantitative estimate of drug-likeness (QED) is 0.881. The Morgan fingerprint density at radius 1 is 1.37 bits per heavy atom. The summed E-state index contributed by atoms with van der Waals surface area (Å²) in [4.78, 5) is 10.9. The van der Waals surface area contributed by atoms with Crippen molar-refractivity contribution in [2.45, 2.75) is 51.1 Å². The van der Waals surface area contributed by atoms with Crippen molar-refractivity contribution in [1.82, 2.24) is 9.97 Å². The fourth-order valence-electron chi connectivity index (χ4n) is 2.58. The maximum atomic E-state index is 6.21. The summed E-state index contributed by atoms with van der Waals surface area (Å²) in [5, 5.41) is 0. The van der Waals surface area contributed by atoms with Crippen molar-refractivity contribution in [3.63, 3.8) is 0 Å². The van der Waals surface area contributed by atoms with Gasteiger partial charge in [-0.25, -0.2) is 0 Å². The minimum Gasteiger partial charge on any atom is -0.477 e. The number of aromatic nitrogens is 2. The highest BCUT2D eigenvalue weighted by atomic mass is 16.5. The van der Waals surface area contributed by atoms with Gasteiger partial charge in [-0.2, -0.15) is 4.98 Å². The van der Waals surface area contributed by atoms with E-state index in [9.17, 15) is 0 Å². The van der Waals surface area contributed by atoms with E-state index in [1.807, 2.05) is 7.05 Å². The van der Waals surface area contributed by atoms with E-state index in [1.165, 1.54) is 12.8 Å². The summed E-state index contributed by atoms with van der Waals surface area (Å²) in [6.45, 7) is 2.75. The SMILES string of the molecule is CCCOc1cncc(N(C)C2CCCCC2N)n1. The summed E-state index contributed by atoms with van der Waals surface area (Å²) in [7, 11) is 2.05. The molecule has 5 nitrogen and oxygen atoms in total. The lowest BCUT2D eigenvalue weighted by atomic mass is 9.90. The van der Waals surface area contributed by atoms with Gasteiger partial charge >= 0.3 is 0 Å². The molecule has 1 aliphatic rings. The number of nitrogens with two attached hydrogens (primary N) is 1. The molecule has 0 saturated heterocycles. The Labute approximate surface area is 115 Å². The van der Waals surface area contributed by atoms with Crippen molar-refractivity contribution < 1.29 is 4.74 Å². The van der Waals surface area contributed by atoms with Crippen molar-refractivity contribution in [1.29, 1.82) is 0 Å². The number of ether oxygens (including phenoxy) is 1. The molecule has 2 unspecified atom stereocenters. The van der Waals surface area contributed by atoms with Gasteiger partial charge in [-0.3, -0.25) is 4.98 Å². The van der Waals surface area contributed by atoms with Crippen LogP contribution in [0.25, 0.3) is 0 Å². The second kappa shape index (κ2) is 6.70. The van der Waals surface area contributed by atoms with Gasteiger partial charge in [0.1, 0.15) is 0 Å². The number of likely N-dealkylation sites (N-methyl/N-ethyl adjacent to an activating group) is 1. The normalized spacial score (nSPS) is 23.1. The molecule has 2 rings (SSSR count). The predicted octanol–water partition coefficient (Wildman–Crippen LogP) is 1.97. The molecular weight excluding hydrogens is 240 g/mol. The van der Waals surface area contributed by atoms with Crippen molar-refractivity contribution >= 4 is 5.82 Å². The maximum Gasteiger partial charge on any atom is 0.234 e. The first-order valence-electron chi connectivity index (χ1n) is 7.15. The third-order valence-electron chi connectivity index (χ3n) is 3.69. The van der Waals surface area contributed by atoms with E-state index in [4.69, 9.17) is 10.5 Å². The second-order valence-corrected chi connectivity index (χ2v) is 5.19. The molecule has 5 heteroatoms. The van der Waals surface area contributed by atoms with Gasteiger partial charge in [0.25, 0.3) is 0 Å². The second-order valence-electron chi connectivity index (χ2n) is 5.19. The standard InChI is InChI=1S/C14H24N4O/c1-3-8-19-14-10-16-9-13(17-14)18(2)12-7-5-4-6-11(12)15/h9-12H,3-8,15H2,1-2H3. The molecule has 1 saturated carbocycles. The van der Waals surface area contributed by atoms with Gasteiger partial charge < -0.3 is 15.4 Å². The van der Waals surface area contributed by atoms with E-state index in [0.717, 1.165) is 25.1 Å². The first-order chi connectivity index (χ1) is 9.22. The average molecular weight is 264 g/mol. The molecular formula is C14H24N4O. The molecule has 1 aromatic heterocycles. The van der Waals surface area contributed by atoms with E-state index < -0.39 is 0 Å². The highest BCUT2D eigenvalue weighted by Gasteiger charge is 2.26. The van der Waals surface area contributed by atoms with E-state index in [0.29, 0.717) is 18.5 Å². The number of anilines is 1. The van der Waals surface area contributed by atoms with Crippen LogP contribution in [0.5, 0.6) is 5.88 Å². The lowest BCUT2D eigenvalue weighted by molar-refractivity contribution is 0.303. The van der Waals surface area contributed by atoms with E-state index in [-0.39, 0.29) is 6.04 Å². The zero-order chi connectivity index (χ0) is 13.7. The van der Waals surface area contributed by atoms with Gasteiger partial charge in [0.2, 0.25) is 5.88 Å². The topological polar surface area (TPSA) is 64.3 Å². The molecule has 1 aromatic rings. The summed E-state index contributed by atoms with van der Waals surface area (Å²) in [6.07, 6.45) is 9.09. The van der Waals surface area contributed by atoms with Crippen LogP contribution >= 0.6 is 0 Å². The molecule has 1 heterocycles. The van der Waals surface area contributed by atoms with Crippen molar-refractivity contribution in [3.8, 4) is 5.88 Å². The molecule has 106 valence electrons. The molecule has 1 aliphatic carbocycles. The Morgan fingerprint density at radius 3 is 2.89 bits per heavy atom. The number of hydrogen-bond acceptors (Lipinski definition) is 5. The third kappa shape index (κ3) is 3.56. The van der Waals surface area contributed by atoms with Crippen molar-refractivity contribution in [3.05, 3.63) is 12.4 Å². The van der Waals surface area contributed by atoms with Crippen LogP contribution in [-0.2, 0) is 0 Å². The summed E-state index contributed by atoms with van der Waals surface area (Å²) in [5.74, 6) is 1.44. The summed E-state index contributed by atoms with van der Waals surface area (Å²) < 4.78 is 5.53. The van der Waals surface area contributed by atoms with Crippen LogP contribution in [0.15, 0.2) is 12.4 Å². The minimum absolute atomic E-state index is 0.223. The number of rotatable bonds is 5. The molecule has 0 bridgehead atoms. The molecule has 2 N–H and O–H groups in total. The maximum absolute atomic E-state index is 6.21. The summed E-state index contributed by atoms with van der Waals surface area (Å²) >= 11 is 0. The predicted molar refractivity (Wildman–Crippen MR) is 76.5 cm³/mol. The fraction of sp³-hybridized carbons (Fsp3) is 0.714. The minimum atomic E-state index is 0.223. The van der Waals surface area contributed by atoms with Crippen LogP contribution in [-0.4, -0.2) is 35.7 Å². The lowest BCUT2D eigenvalue weighted by Crippen LogP contribution is -2.48. The number of nitrogens with zero attached hydrogens (tertiary/aromatic N) is 3. The lowest BCUT2D eigenvalue weighted by Gasteiger charge is -2.36. The smallest absolute Gasteiger partial charge is 0.234 e. The Balaban J connectivity index is 2.07. The molecule has 2 atom stereocenters. The van der Waals surface area contributed by atoms with Gasteiger partial charge in [0.05, 0.1) is 19.0 Å². The molecule has 1 fully saturated rings. The van der Waals surface area contributed by atoms with Gasteiger partial charge in [0, 0.05) is 19.1 Å². The van der Waals surface area contributed by atoms with Gasteiger partial charge in [-0.15, -0.1) is 0 Å². The van der Waals surface area contributed by atoms with Crippen molar-refractivity contribution in [2.75, 3.05) is 18.6 Å². The molecule has 0 aromatic carbocycles. The highest BCUT2D eigenvalue weighted by Crippen LogP contribution is 2.24. The summed E-state index contributed by atoms with van der Waals surface area (Å²) in [5.41, 5.74) is 6.21. The molecule has 0 spiro atoms. The molecule has 0 radical (unpaired) electrons. The highest BCUT2D eigenvalue weighted by molar-refractivity contribution is 5.38. The van der Waals surface area contributed by atoms with Crippen LogP contribution in [0, 0.1) is 0 Å². The van der Waals surface area contributed by atoms with Gasteiger partial charge in [0.15, 0.2) is 5.82 Å². The molecule has 0 amide bonds. The zero-order valence-electron chi connectivity index (χ0n) is 11.9. The van der Waals surface area contributed by atoms with E-state index >= 15 is 0 Å². The van der Waals surface area contributed by atoms with Crippen LogP contribution < -0.4 is 15.4 Å². The molecule has 0 aliphatic heterocycles. The largest absolute Gasteiger partial charge is 0.477 e. The zero-order valence-corrected chi connectivity index (χ0v) is 11.9. The third-order valence-corrected chi connectivity index (χ3v) is 3.69. The van der Waals surface area contributed by atoms with Crippen LogP contribution in [0.2, 0.25) is 0 Å². The fourth-order valence-corrected chi connectivity index (χ4v) is 2.58. The Bertz CT molecular complexity index is 399. The Kier molecular flexibility index (Phi) is 4.96. The van der Waals surface area contributed by atoms with Crippen LogP contribution in [0.4, 0.5) is 5.82 Å². The monoisotopic (exact) mass is 264 g/mol. The van der Waals surface area contributed by atoms with Crippen LogP contribution in [0.1, 0.15) is 39.0 Å². The first kappa shape index (κ1) is 14.1. The average Bonchev–Trinajstić information content (AvgIpc) is 2.45. The van der Waals surface area contributed by atoms with E-state index in [1.54, 1.807) is 12.4 Å². The van der Waals surface area contributed by atoms with E-state index in [2.05, 4.69) is 21.8 Å². The Hall–Kier alpha value is -1.36. The first-order valence-corrected chi connectivity index (χ1v) is 7.15. The molecule has 19 heavy (non-hydrogen) atoms.